The molecule has 0 bridgehead atoms. The van der Waals surface area contributed by atoms with Crippen LogP contribution in [0.25, 0.3) is 17.2 Å². The van der Waals surface area contributed by atoms with Gasteiger partial charge in [0.1, 0.15) is 5.75 Å². The van der Waals surface area contributed by atoms with Crippen LogP contribution < -0.4 is 4.74 Å². The molecule has 0 aliphatic heterocycles. The van der Waals surface area contributed by atoms with Gasteiger partial charge in [-0.1, -0.05) is 36.4 Å². The SMILES string of the molecule is C/C=C/c1ccc(-c2ccc(C(F)(F)Oc3cc(F)c(F)c(F)c3)cc2)c(F)c1F. The number of rotatable bonds is 5. The van der Waals surface area contributed by atoms with Crippen LogP contribution >= 0.6 is 0 Å². The van der Waals surface area contributed by atoms with Gasteiger partial charge in [-0.05, 0) is 24.6 Å². The van der Waals surface area contributed by atoms with Gasteiger partial charge < -0.3 is 4.74 Å². The van der Waals surface area contributed by atoms with Crippen molar-refractivity contribution in [1.82, 2.24) is 0 Å². The summed E-state index contributed by atoms with van der Waals surface area (Å²) in [6.07, 6.45) is -1.12. The van der Waals surface area contributed by atoms with Crippen molar-refractivity contribution >= 4 is 6.08 Å². The van der Waals surface area contributed by atoms with Crippen LogP contribution in [0, 0.1) is 29.1 Å². The smallest absolute Gasteiger partial charge is 0.426 e. The van der Waals surface area contributed by atoms with Crippen LogP contribution in [0.5, 0.6) is 5.75 Å². The predicted molar refractivity (Wildman–Crippen MR) is 97.3 cm³/mol. The molecule has 0 radical (unpaired) electrons. The molecule has 0 spiro atoms. The Balaban J connectivity index is 1.89. The Morgan fingerprint density at radius 1 is 0.767 bits per heavy atom. The second-order valence-electron chi connectivity index (χ2n) is 6.23. The van der Waals surface area contributed by atoms with E-state index in [4.69, 9.17) is 0 Å². The maximum absolute atomic E-state index is 14.3. The molecule has 0 amide bonds. The van der Waals surface area contributed by atoms with Crippen LogP contribution in [-0.4, -0.2) is 0 Å². The second-order valence-corrected chi connectivity index (χ2v) is 6.23. The lowest BCUT2D eigenvalue weighted by Gasteiger charge is -2.19. The normalized spacial score (nSPS) is 11.9. The van der Waals surface area contributed by atoms with E-state index in [0.29, 0.717) is 0 Å². The molecular weight excluding hydrogens is 413 g/mol. The maximum Gasteiger partial charge on any atom is 0.426 e. The maximum atomic E-state index is 14.3. The third kappa shape index (κ3) is 4.17. The number of halogens is 7. The molecule has 3 aromatic rings. The van der Waals surface area contributed by atoms with Crippen LogP contribution in [0.2, 0.25) is 0 Å². The molecule has 8 heteroatoms. The summed E-state index contributed by atoms with van der Waals surface area (Å²) >= 11 is 0. The van der Waals surface area contributed by atoms with E-state index in [2.05, 4.69) is 4.74 Å². The summed E-state index contributed by atoms with van der Waals surface area (Å²) in [6, 6.07) is 7.23. The molecule has 0 N–H and O–H groups in total. The third-order valence-corrected chi connectivity index (χ3v) is 4.19. The molecule has 3 aromatic carbocycles. The monoisotopic (exact) mass is 426 g/mol. The molecule has 0 aromatic heterocycles. The first-order valence-corrected chi connectivity index (χ1v) is 8.57. The highest BCUT2D eigenvalue weighted by Crippen LogP contribution is 2.34. The van der Waals surface area contributed by atoms with E-state index in [9.17, 15) is 30.7 Å². The van der Waals surface area contributed by atoms with E-state index >= 15 is 0 Å². The number of alkyl halides is 2. The quantitative estimate of drug-likeness (QED) is 0.309. The van der Waals surface area contributed by atoms with Crippen LogP contribution in [0.3, 0.4) is 0 Å². The highest BCUT2D eigenvalue weighted by molar-refractivity contribution is 5.67. The fourth-order valence-corrected chi connectivity index (χ4v) is 2.74. The summed E-state index contributed by atoms with van der Waals surface area (Å²) in [5.74, 6) is -8.33. The van der Waals surface area contributed by atoms with Crippen LogP contribution in [0.1, 0.15) is 18.1 Å². The van der Waals surface area contributed by atoms with Crippen LogP contribution in [-0.2, 0) is 6.11 Å². The Labute approximate surface area is 167 Å². The average molecular weight is 426 g/mol. The van der Waals surface area contributed by atoms with Crippen molar-refractivity contribution in [1.29, 1.82) is 0 Å². The van der Waals surface area contributed by atoms with E-state index in [-0.39, 0.29) is 28.8 Å². The van der Waals surface area contributed by atoms with E-state index in [1.807, 2.05) is 0 Å². The molecule has 3 rings (SSSR count). The summed E-state index contributed by atoms with van der Waals surface area (Å²) in [6.45, 7) is 1.64. The van der Waals surface area contributed by atoms with E-state index in [1.165, 1.54) is 24.3 Å². The summed E-state index contributed by atoms with van der Waals surface area (Å²) in [5, 5.41) is 0. The number of ether oxygens (including phenoxy) is 1. The van der Waals surface area contributed by atoms with Gasteiger partial charge in [-0.25, -0.2) is 22.0 Å². The van der Waals surface area contributed by atoms with Crippen molar-refractivity contribution in [3.05, 3.63) is 94.8 Å². The van der Waals surface area contributed by atoms with Gasteiger partial charge in [0.2, 0.25) is 0 Å². The van der Waals surface area contributed by atoms with Gasteiger partial charge in [0.15, 0.2) is 29.1 Å². The predicted octanol–water partition coefficient (Wildman–Crippen LogP) is 7.21. The molecule has 0 heterocycles. The molecule has 0 aliphatic carbocycles. The number of benzene rings is 3. The lowest BCUT2D eigenvalue weighted by atomic mass is 10.0. The lowest BCUT2D eigenvalue weighted by molar-refractivity contribution is -0.185. The first-order valence-electron chi connectivity index (χ1n) is 8.57. The Morgan fingerprint density at radius 2 is 1.37 bits per heavy atom. The molecule has 0 fully saturated rings. The highest BCUT2D eigenvalue weighted by atomic mass is 19.3. The Hall–Kier alpha value is -3.29. The third-order valence-electron chi connectivity index (χ3n) is 4.19. The summed E-state index contributed by atoms with van der Waals surface area (Å²) < 4.78 is 101. The molecule has 1 nitrogen and oxygen atoms in total. The van der Waals surface area contributed by atoms with Crippen molar-refractivity contribution in [3.8, 4) is 16.9 Å². The first-order chi connectivity index (χ1) is 14.1. The largest absolute Gasteiger partial charge is 0.429 e. The Morgan fingerprint density at radius 3 is 1.93 bits per heavy atom. The number of hydrogen-bond donors (Lipinski definition) is 0. The van der Waals surface area contributed by atoms with Gasteiger partial charge in [-0.15, -0.1) is 0 Å². The minimum absolute atomic E-state index is 0.0362. The van der Waals surface area contributed by atoms with Gasteiger partial charge in [0.05, 0.1) is 5.56 Å². The molecule has 0 atom stereocenters. The van der Waals surface area contributed by atoms with E-state index in [1.54, 1.807) is 6.92 Å². The fourth-order valence-electron chi connectivity index (χ4n) is 2.74. The molecule has 0 unspecified atom stereocenters. The zero-order valence-corrected chi connectivity index (χ0v) is 15.3. The van der Waals surface area contributed by atoms with Crippen molar-refractivity contribution in [2.24, 2.45) is 0 Å². The number of allylic oxidation sites excluding steroid dienone is 1. The molecule has 30 heavy (non-hydrogen) atoms. The van der Waals surface area contributed by atoms with Crippen LogP contribution in [0.15, 0.2) is 54.6 Å². The molecular formula is C22H13F7O. The van der Waals surface area contributed by atoms with Gasteiger partial charge in [0.25, 0.3) is 0 Å². The fraction of sp³-hybridized carbons (Fsp3) is 0.0909. The minimum atomic E-state index is -4.03. The summed E-state index contributed by atoms with van der Waals surface area (Å²) in [5.41, 5.74) is -0.701. The van der Waals surface area contributed by atoms with Crippen molar-refractivity contribution in [2.45, 2.75) is 13.0 Å². The van der Waals surface area contributed by atoms with Gasteiger partial charge in [0, 0.05) is 23.3 Å². The average Bonchev–Trinajstić information content (AvgIpc) is 2.70. The second kappa shape index (κ2) is 8.22. The topological polar surface area (TPSA) is 9.23 Å². The van der Waals surface area contributed by atoms with Gasteiger partial charge in [-0.3, -0.25) is 0 Å². The van der Waals surface area contributed by atoms with Gasteiger partial charge >= 0.3 is 6.11 Å². The molecule has 0 aliphatic rings. The Kier molecular flexibility index (Phi) is 5.87. The van der Waals surface area contributed by atoms with E-state index < -0.39 is 46.5 Å². The first kappa shape index (κ1) is 21.4. The van der Waals surface area contributed by atoms with E-state index in [0.717, 1.165) is 24.3 Å². The zero-order chi connectivity index (χ0) is 22.1. The zero-order valence-electron chi connectivity index (χ0n) is 15.3. The molecule has 0 saturated heterocycles. The van der Waals surface area contributed by atoms with Crippen molar-refractivity contribution < 1.29 is 35.5 Å². The highest BCUT2D eigenvalue weighted by Gasteiger charge is 2.35. The summed E-state index contributed by atoms with van der Waals surface area (Å²) in [7, 11) is 0. The van der Waals surface area contributed by atoms with Crippen LogP contribution in [0.4, 0.5) is 30.7 Å². The van der Waals surface area contributed by atoms with Gasteiger partial charge in [-0.2, -0.15) is 8.78 Å². The number of hydrogen-bond acceptors (Lipinski definition) is 1. The molecule has 156 valence electrons. The standard InChI is InChI=1S/C22H13F7O/c1-2-3-13-6-9-16(20(26)19(13)25)12-4-7-14(8-5-12)22(28,29)30-15-10-17(23)21(27)18(24)11-15/h2-11H,1H3/b3-2+. The minimum Gasteiger partial charge on any atom is -0.429 e. The Bertz CT molecular complexity index is 1080. The van der Waals surface area contributed by atoms with Crippen molar-refractivity contribution in [3.63, 3.8) is 0 Å². The lowest BCUT2D eigenvalue weighted by Crippen LogP contribution is -2.22. The summed E-state index contributed by atoms with van der Waals surface area (Å²) in [4.78, 5) is 0. The van der Waals surface area contributed by atoms with Crippen molar-refractivity contribution in [2.75, 3.05) is 0 Å². The molecule has 0 saturated carbocycles.